The summed E-state index contributed by atoms with van der Waals surface area (Å²) in [6, 6.07) is 0. The molecular weight excluding hydrogens is 216 g/mol. The number of unbranched alkanes of at least 4 members (excludes halogenated alkanes) is 3. The van der Waals surface area contributed by atoms with Crippen LogP contribution in [-0.4, -0.2) is 0 Å². The monoisotopic (exact) mass is 248 g/mol. The van der Waals surface area contributed by atoms with E-state index in [9.17, 15) is 0 Å². The van der Waals surface area contributed by atoms with Gasteiger partial charge >= 0.3 is 0 Å². The Hall–Kier alpha value is 0.290. The van der Waals surface area contributed by atoms with Crippen molar-refractivity contribution in [1.29, 1.82) is 0 Å². The summed E-state index contributed by atoms with van der Waals surface area (Å²) in [6.07, 6.45) is 14.2. The highest BCUT2D eigenvalue weighted by atomic mass is 35.5. The Morgan fingerprint density at radius 2 is 0.938 bits per heavy atom. The van der Waals surface area contributed by atoms with Crippen molar-refractivity contribution in [3.63, 3.8) is 0 Å². The van der Waals surface area contributed by atoms with E-state index in [2.05, 4.69) is 27.7 Å². The molecule has 0 atom stereocenters. The van der Waals surface area contributed by atoms with Crippen molar-refractivity contribution < 1.29 is 0 Å². The average Bonchev–Trinajstić information content (AvgIpc) is 2.29. The first-order valence-corrected chi connectivity index (χ1v) is 7.24. The lowest BCUT2D eigenvalue weighted by Gasteiger charge is -2.33. The largest absolute Gasteiger partial charge is 0.147 e. The van der Waals surface area contributed by atoms with Gasteiger partial charge in [0.25, 0.3) is 0 Å². The van der Waals surface area contributed by atoms with Crippen LogP contribution in [0.5, 0.6) is 0 Å². The van der Waals surface area contributed by atoms with Crippen molar-refractivity contribution in [2.75, 3.05) is 0 Å². The average molecular weight is 249 g/mol. The first-order chi connectivity index (χ1) is 7.24. The summed E-state index contributed by atoms with van der Waals surface area (Å²) in [7, 11) is 0. The van der Waals surface area contributed by atoms with Gasteiger partial charge in [0.15, 0.2) is 0 Å². The van der Waals surface area contributed by atoms with E-state index in [1.165, 1.54) is 64.2 Å². The molecule has 0 spiro atoms. The van der Waals surface area contributed by atoms with Crippen LogP contribution in [0.15, 0.2) is 0 Å². The van der Waals surface area contributed by atoms with E-state index in [1.807, 2.05) is 0 Å². The number of hydrogen-bond acceptors (Lipinski definition) is 0. The van der Waals surface area contributed by atoms with Crippen LogP contribution in [0.3, 0.4) is 0 Å². The van der Waals surface area contributed by atoms with E-state index in [1.54, 1.807) is 0 Å². The van der Waals surface area contributed by atoms with Gasteiger partial charge in [-0.3, -0.25) is 0 Å². The highest BCUT2D eigenvalue weighted by Crippen LogP contribution is 2.39. The summed E-state index contributed by atoms with van der Waals surface area (Å²) in [6.45, 7) is 9.36. The molecule has 100 valence electrons. The van der Waals surface area contributed by atoms with Crippen LogP contribution < -0.4 is 0 Å². The standard InChI is InChI=1S/C15H32.ClH/c1-5-9-12-15(8-4,13-10-6-2)14-11-7-3;/h5-14H2,1-4H3;1H. The Kier molecular flexibility index (Phi) is 13.7. The van der Waals surface area contributed by atoms with Gasteiger partial charge in [-0.15, -0.1) is 12.4 Å². The van der Waals surface area contributed by atoms with E-state index in [4.69, 9.17) is 0 Å². The second-order valence-corrected chi connectivity index (χ2v) is 5.16. The van der Waals surface area contributed by atoms with Gasteiger partial charge in [0.2, 0.25) is 0 Å². The van der Waals surface area contributed by atoms with Gasteiger partial charge in [0.1, 0.15) is 0 Å². The highest BCUT2D eigenvalue weighted by Gasteiger charge is 2.25. The number of hydrogen-bond donors (Lipinski definition) is 0. The molecule has 0 saturated heterocycles. The molecule has 0 aromatic carbocycles. The first-order valence-electron chi connectivity index (χ1n) is 7.24. The molecule has 0 nitrogen and oxygen atoms in total. The molecule has 0 rings (SSSR count). The molecule has 0 aromatic rings. The summed E-state index contributed by atoms with van der Waals surface area (Å²) in [5, 5.41) is 0. The Morgan fingerprint density at radius 1 is 0.625 bits per heavy atom. The smallest absolute Gasteiger partial charge is 0.0300 e. The summed E-state index contributed by atoms with van der Waals surface area (Å²) in [4.78, 5) is 0. The Balaban J connectivity index is 0. The molecule has 0 aliphatic carbocycles. The third kappa shape index (κ3) is 7.54. The van der Waals surface area contributed by atoms with Gasteiger partial charge in [0, 0.05) is 0 Å². The minimum atomic E-state index is 0. The summed E-state index contributed by atoms with van der Waals surface area (Å²) >= 11 is 0. The zero-order valence-electron chi connectivity index (χ0n) is 12.0. The maximum atomic E-state index is 2.40. The quantitative estimate of drug-likeness (QED) is 0.421. The fraction of sp³-hybridized carbons (Fsp3) is 1.00. The van der Waals surface area contributed by atoms with Gasteiger partial charge in [-0.1, -0.05) is 72.6 Å². The van der Waals surface area contributed by atoms with Crippen molar-refractivity contribution in [2.24, 2.45) is 5.41 Å². The Bertz CT molecular complexity index is 110. The predicted octanol–water partition coefficient (Wildman–Crippen LogP) is 6.38. The van der Waals surface area contributed by atoms with Crippen LogP contribution in [0.25, 0.3) is 0 Å². The van der Waals surface area contributed by atoms with Crippen LogP contribution in [0, 0.1) is 5.41 Å². The molecule has 0 aliphatic heterocycles. The molecule has 0 bridgehead atoms. The molecule has 0 saturated carbocycles. The second kappa shape index (κ2) is 11.8. The molecule has 0 N–H and O–H groups in total. The Labute approximate surface area is 110 Å². The third-order valence-corrected chi connectivity index (χ3v) is 3.93. The highest BCUT2D eigenvalue weighted by molar-refractivity contribution is 5.85. The molecule has 0 fully saturated rings. The SMILES string of the molecule is CCCCC(CC)(CCCC)CCCC.Cl. The van der Waals surface area contributed by atoms with Gasteiger partial charge < -0.3 is 0 Å². The van der Waals surface area contributed by atoms with E-state index < -0.39 is 0 Å². The van der Waals surface area contributed by atoms with Crippen LogP contribution >= 0.6 is 12.4 Å². The number of halogens is 1. The van der Waals surface area contributed by atoms with Crippen molar-refractivity contribution in [3.05, 3.63) is 0 Å². The van der Waals surface area contributed by atoms with E-state index in [0.29, 0.717) is 5.41 Å². The minimum Gasteiger partial charge on any atom is -0.147 e. The summed E-state index contributed by atoms with van der Waals surface area (Å²) in [5.74, 6) is 0. The maximum absolute atomic E-state index is 2.40. The third-order valence-electron chi connectivity index (χ3n) is 3.93. The zero-order valence-corrected chi connectivity index (χ0v) is 12.8. The van der Waals surface area contributed by atoms with Gasteiger partial charge in [0.05, 0.1) is 0 Å². The lowest BCUT2D eigenvalue weighted by Crippen LogP contribution is -2.20. The first kappa shape index (κ1) is 18.6. The normalized spacial score (nSPS) is 11.2. The van der Waals surface area contributed by atoms with E-state index in [-0.39, 0.29) is 12.4 Å². The molecule has 0 aromatic heterocycles. The maximum Gasteiger partial charge on any atom is -0.0300 e. The Morgan fingerprint density at radius 3 is 1.12 bits per heavy atom. The van der Waals surface area contributed by atoms with Crippen molar-refractivity contribution in [1.82, 2.24) is 0 Å². The minimum absolute atomic E-state index is 0. The molecule has 16 heavy (non-hydrogen) atoms. The lowest BCUT2D eigenvalue weighted by molar-refractivity contribution is 0.191. The molecule has 1 heteroatoms. The number of rotatable bonds is 10. The zero-order chi connectivity index (χ0) is 11.6. The lowest BCUT2D eigenvalue weighted by atomic mass is 9.72. The van der Waals surface area contributed by atoms with E-state index >= 15 is 0 Å². The molecule has 0 radical (unpaired) electrons. The van der Waals surface area contributed by atoms with Crippen molar-refractivity contribution >= 4 is 12.4 Å². The molecule has 0 heterocycles. The predicted molar refractivity (Wildman–Crippen MR) is 78.5 cm³/mol. The van der Waals surface area contributed by atoms with Gasteiger partial charge in [-0.25, -0.2) is 0 Å². The molecule has 0 amide bonds. The van der Waals surface area contributed by atoms with Gasteiger partial charge in [-0.2, -0.15) is 0 Å². The second-order valence-electron chi connectivity index (χ2n) is 5.16. The van der Waals surface area contributed by atoms with Crippen LogP contribution in [-0.2, 0) is 0 Å². The fourth-order valence-corrected chi connectivity index (χ4v) is 2.56. The van der Waals surface area contributed by atoms with Crippen LogP contribution in [0.1, 0.15) is 91.9 Å². The molecule has 0 aliphatic rings. The van der Waals surface area contributed by atoms with Crippen LogP contribution in [0.2, 0.25) is 0 Å². The van der Waals surface area contributed by atoms with Gasteiger partial charge in [-0.05, 0) is 24.7 Å². The van der Waals surface area contributed by atoms with E-state index in [0.717, 1.165) is 0 Å². The fourth-order valence-electron chi connectivity index (χ4n) is 2.56. The van der Waals surface area contributed by atoms with Crippen molar-refractivity contribution in [2.45, 2.75) is 91.9 Å². The van der Waals surface area contributed by atoms with Crippen LogP contribution in [0.4, 0.5) is 0 Å². The molecular formula is C15H33Cl. The van der Waals surface area contributed by atoms with Crippen molar-refractivity contribution in [3.8, 4) is 0 Å². The molecule has 0 unspecified atom stereocenters. The summed E-state index contributed by atoms with van der Waals surface area (Å²) in [5.41, 5.74) is 0.696. The summed E-state index contributed by atoms with van der Waals surface area (Å²) < 4.78 is 0. The topological polar surface area (TPSA) is 0 Å².